The van der Waals surface area contributed by atoms with E-state index in [1.807, 2.05) is 24.3 Å². The number of nitrogens with zero attached hydrogens (tertiary/aromatic N) is 1. The minimum atomic E-state index is -3.57. The number of nitrogens with one attached hydrogen (secondary N) is 1. The summed E-state index contributed by atoms with van der Waals surface area (Å²) in [5.41, 5.74) is 2.15. The molecule has 8 heteroatoms. The summed E-state index contributed by atoms with van der Waals surface area (Å²) in [6, 6.07) is 19.3. The number of amides is 1. The Bertz CT molecular complexity index is 1100. The summed E-state index contributed by atoms with van der Waals surface area (Å²) < 4.78 is 39.9. The Morgan fingerprint density at radius 1 is 0.966 bits per heavy atom. The molecule has 0 atom stereocenters. The van der Waals surface area contributed by atoms with Crippen molar-refractivity contribution < 1.29 is 17.6 Å². The van der Waals surface area contributed by atoms with Crippen LogP contribution in [0.5, 0.6) is 0 Å². The molecule has 0 aliphatic rings. The van der Waals surface area contributed by atoms with Gasteiger partial charge in [-0.15, -0.1) is 0 Å². The SMILES string of the molecule is CS(=O)(=O)N(Cc1ccc(F)cc1)c1ccc(C(=O)Nc2ccc(I)cc2)cc1. The lowest BCUT2D eigenvalue weighted by atomic mass is 10.1. The minimum absolute atomic E-state index is 0.0628. The highest BCUT2D eigenvalue weighted by atomic mass is 127. The zero-order valence-corrected chi connectivity index (χ0v) is 18.4. The second-order valence-electron chi connectivity index (χ2n) is 6.40. The third kappa shape index (κ3) is 5.77. The molecule has 3 aromatic carbocycles. The fourth-order valence-electron chi connectivity index (χ4n) is 2.67. The molecular weight excluding hydrogens is 506 g/mol. The lowest BCUT2D eigenvalue weighted by Crippen LogP contribution is -2.29. The monoisotopic (exact) mass is 524 g/mol. The Morgan fingerprint density at radius 3 is 2.10 bits per heavy atom. The van der Waals surface area contributed by atoms with E-state index in [1.54, 1.807) is 24.3 Å². The average molecular weight is 524 g/mol. The van der Waals surface area contributed by atoms with Gasteiger partial charge in [0.15, 0.2) is 0 Å². The highest BCUT2D eigenvalue weighted by Crippen LogP contribution is 2.22. The molecule has 0 aromatic heterocycles. The van der Waals surface area contributed by atoms with E-state index in [4.69, 9.17) is 0 Å². The second-order valence-corrected chi connectivity index (χ2v) is 9.56. The third-order valence-corrected chi connectivity index (χ3v) is 6.02. The van der Waals surface area contributed by atoms with E-state index in [9.17, 15) is 17.6 Å². The van der Waals surface area contributed by atoms with Crippen molar-refractivity contribution in [3.8, 4) is 0 Å². The van der Waals surface area contributed by atoms with Gasteiger partial charge in [-0.25, -0.2) is 12.8 Å². The molecular formula is C21H18FIN2O3S. The van der Waals surface area contributed by atoms with Crippen LogP contribution >= 0.6 is 22.6 Å². The summed E-state index contributed by atoms with van der Waals surface area (Å²) in [4.78, 5) is 12.4. The zero-order valence-electron chi connectivity index (χ0n) is 15.5. The van der Waals surface area contributed by atoms with Crippen molar-refractivity contribution in [2.24, 2.45) is 0 Å². The van der Waals surface area contributed by atoms with Gasteiger partial charge in [-0.3, -0.25) is 9.10 Å². The fraction of sp³-hybridized carbons (Fsp3) is 0.0952. The summed E-state index contributed by atoms with van der Waals surface area (Å²) in [7, 11) is -3.57. The van der Waals surface area contributed by atoms with E-state index in [0.29, 0.717) is 22.5 Å². The van der Waals surface area contributed by atoms with Crippen molar-refractivity contribution in [2.75, 3.05) is 15.9 Å². The fourth-order valence-corrected chi connectivity index (χ4v) is 3.92. The van der Waals surface area contributed by atoms with Crippen LogP contribution in [0.2, 0.25) is 0 Å². The summed E-state index contributed by atoms with van der Waals surface area (Å²) in [6.45, 7) is 0.0628. The maximum Gasteiger partial charge on any atom is 0.255 e. The number of carbonyl (C=O) groups excluding carboxylic acids is 1. The average Bonchev–Trinajstić information content (AvgIpc) is 2.68. The second kappa shape index (κ2) is 8.91. The van der Waals surface area contributed by atoms with Gasteiger partial charge in [0.05, 0.1) is 18.5 Å². The first-order valence-electron chi connectivity index (χ1n) is 8.61. The number of sulfonamides is 1. The van der Waals surface area contributed by atoms with Crippen LogP contribution in [-0.2, 0) is 16.6 Å². The van der Waals surface area contributed by atoms with Crippen molar-refractivity contribution in [2.45, 2.75) is 6.54 Å². The maximum atomic E-state index is 13.1. The third-order valence-electron chi connectivity index (χ3n) is 4.16. The Hall–Kier alpha value is -2.46. The van der Waals surface area contributed by atoms with E-state index in [0.717, 1.165) is 9.83 Å². The van der Waals surface area contributed by atoms with E-state index < -0.39 is 10.0 Å². The van der Waals surface area contributed by atoms with Gasteiger partial charge in [0.1, 0.15) is 5.82 Å². The van der Waals surface area contributed by atoms with Gasteiger partial charge in [0.2, 0.25) is 10.0 Å². The first-order chi connectivity index (χ1) is 13.7. The maximum absolute atomic E-state index is 13.1. The van der Waals surface area contributed by atoms with E-state index in [1.165, 1.54) is 28.6 Å². The Kier molecular flexibility index (Phi) is 6.53. The molecule has 150 valence electrons. The largest absolute Gasteiger partial charge is 0.322 e. The molecule has 5 nitrogen and oxygen atoms in total. The van der Waals surface area contributed by atoms with Crippen LogP contribution in [0.25, 0.3) is 0 Å². The number of carbonyl (C=O) groups is 1. The van der Waals surface area contributed by atoms with Crippen LogP contribution < -0.4 is 9.62 Å². The molecule has 1 N–H and O–H groups in total. The predicted octanol–water partition coefficient (Wildman–Crippen LogP) is 4.65. The van der Waals surface area contributed by atoms with E-state index in [2.05, 4.69) is 27.9 Å². The number of halogens is 2. The summed E-state index contributed by atoms with van der Waals surface area (Å²) in [5.74, 6) is -0.676. The van der Waals surface area contributed by atoms with Crippen molar-refractivity contribution in [1.82, 2.24) is 0 Å². The highest BCUT2D eigenvalue weighted by Gasteiger charge is 2.18. The normalized spacial score (nSPS) is 11.1. The Labute approximate surface area is 182 Å². The number of hydrogen-bond acceptors (Lipinski definition) is 3. The number of rotatable bonds is 6. The molecule has 3 aromatic rings. The molecule has 0 saturated carbocycles. The van der Waals surface area contributed by atoms with Crippen LogP contribution in [-0.4, -0.2) is 20.6 Å². The predicted molar refractivity (Wildman–Crippen MR) is 121 cm³/mol. The lowest BCUT2D eigenvalue weighted by molar-refractivity contribution is 0.102. The van der Waals surface area contributed by atoms with Crippen molar-refractivity contribution >= 4 is 49.9 Å². The van der Waals surface area contributed by atoms with Gasteiger partial charge in [0.25, 0.3) is 5.91 Å². The summed E-state index contributed by atoms with van der Waals surface area (Å²) in [5, 5.41) is 2.80. The van der Waals surface area contributed by atoms with Crippen molar-refractivity contribution in [3.63, 3.8) is 0 Å². The molecule has 0 heterocycles. The van der Waals surface area contributed by atoms with Crippen molar-refractivity contribution in [3.05, 3.63) is 93.3 Å². The van der Waals surface area contributed by atoms with E-state index >= 15 is 0 Å². The molecule has 0 spiro atoms. The summed E-state index contributed by atoms with van der Waals surface area (Å²) in [6.07, 6.45) is 1.11. The molecule has 0 bridgehead atoms. The first-order valence-corrected chi connectivity index (χ1v) is 11.5. The van der Waals surface area contributed by atoms with Gasteiger partial charge in [-0.2, -0.15) is 0 Å². The standard InChI is InChI=1S/C21H18FIN2O3S/c1-29(27,28)25(14-15-2-6-17(22)7-3-15)20-12-4-16(5-13-20)21(26)24-19-10-8-18(23)9-11-19/h2-13H,14H2,1H3,(H,24,26). The quantitative estimate of drug-likeness (QED) is 0.478. The molecule has 0 fully saturated rings. The number of benzene rings is 3. The number of anilines is 2. The van der Waals surface area contributed by atoms with Gasteiger partial charge in [0, 0.05) is 14.8 Å². The van der Waals surface area contributed by atoms with Crippen LogP contribution in [0.4, 0.5) is 15.8 Å². The molecule has 3 rings (SSSR count). The van der Waals surface area contributed by atoms with Crippen LogP contribution in [0.3, 0.4) is 0 Å². The number of hydrogen-bond donors (Lipinski definition) is 1. The highest BCUT2D eigenvalue weighted by molar-refractivity contribution is 14.1. The van der Waals surface area contributed by atoms with Gasteiger partial charge < -0.3 is 5.32 Å². The zero-order chi connectivity index (χ0) is 21.0. The molecule has 29 heavy (non-hydrogen) atoms. The topological polar surface area (TPSA) is 66.5 Å². The van der Waals surface area contributed by atoms with Gasteiger partial charge >= 0.3 is 0 Å². The molecule has 0 radical (unpaired) electrons. The Morgan fingerprint density at radius 2 is 1.55 bits per heavy atom. The van der Waals surface area contributed by atoms with Crippen molar-refractivity contribution in [1.29, 1.82) is 0 Å². The van der Waals surface area contributed by atoms with Crippen LogP contribution in [0, 0.1) is 9.39 Å². The van der Waals surface area contributed by atoms with Gasteiger partial charge in [-0.05, 0) is 88.8 Å². The molecule has 0 aliphatic heterocycles. The molecule has 0 saturated heterocycles. The van der Waals surface area contributed by atoms with E-state index in [-0.39, 0.29) is 18.3 Å². The van der Waals surface area contributed by atoms with Gasteiger partial charge in [-0.1, -0.05) is 12.1 Å². The summed E-state index contributed by atoms with van der Waals surface area (Å²) >= 11 is 2.18. The molecule has 0 aliphatic carbocycles. The minimum Gasteiger partial charge on any atom is -0.322 e. The Balaban J connectivity index is 1.79. The lowest BCUT2D eigenvalue weighted by Gasteiger charge is -2.22. The van der Waals surface area contributed by atoms with Crippen LogP contribution in [0.15, 0.2) is 72.8 Å². The molecule has 1 amide bonds. The molecule has 0 unspecified atom stereocenters. The first kappa shape index (κ1) is 21.3. The van der Waals surface area contributed by atoms with Crippen LogP contribution in [0.1, 0.15) is 15.9 Å². The smallest absolute Gasteiger partial charge is 0.255 e.